The standard InChI is InChI=1S/C49H88O20/c1-5-6-7-18-23-33(24-20-22-32(51)21-17-15-13-11-9-8-10-12-14-16-19-25-34(52)46(60)61)66-48-44(39(55)35(53)27-63-48)69-49-45(41(57)37(29-64-49)65-31(4)50)68-47-43(59)42(58)40(56)36(67-47)28-62-38(54)26-30(2)3/h30,32-37,39-45,47-49,51-53,55-59H,5-29H2,1-4H3,(H,60,61)/t32-,33-,34?,35+,36+,37+,39-,40+,41-,42-,43+,44+,45+,47-,48?,49-/m1/s1. The van der Waals surface area contributed by atoms with Crippen molar-refractivity contribution in [1.82, 2.24) is 0 Å². The van der Waals surface area contributed by atoms with Gasteiger partial charge < -0.3 is 83.9 Å². The van der Waals surface area contributed by atoms with Gasteiger partial charge in [0, 0.05) is 13.3 Å². The highest BCUT2D eigenvalue weighted by molar-refractivity contribution is 5.71. The molecule has 2 unspecified atom stereocenters. The van der Waals surface area contributed by atoms with Crippen molar-refractivity contribution in [3.05, 3.63) is 0 Å². The molecule has 0 aromatic rings. The number of carbonyl (C=O) groups is 3. The van der Waals surface area contributed by atoms with Crippen LogP contribution in [0.4, 0.5) is 0 Å². The van der Waals surface area contributed by atoms with Crippen LogP contribution in [-0.2, 0) is 52.3 Å². The minimum Gasteiger partial charge on any atom is -0.479 e. The van der Waals surface area contributed by atoms with Crippen LogP contribution >= 0.6 is 0 Å². The van der Waals surface area contributed by atoms with Crippen molar-refractivity contribution in [2.45, 2.75) is 267 Å². The van der Waals surface area contributed by atoms with Crippen LogP contribution in [0, 0.1) is 5.92 Å². The normalized spacial score (nSPS) is 31.0. The lowest BCUT2D eigenvalue weighted by molar-refractivity contribution is -0.380. The molecule has 3 aliphatic rings. The predicted octanol–water partition coefficient (Wildman–Crippen LogP) is 3.28. The van der Waals surface area contributed by atoms with Gasteiger partial charge in [-0.2, -0.15) is 0 Å². The zero-order valence-electron chi connectivity index (χ0n) is 41.5. The first kappa shape index (κ1) is 61.2. The van der Waals surface area contributed by atoms with Gasteiger partial charge in [0.2, 0.25) is 0 Å². The van der Waals surface area contributed by atoms with E-state index in [1.54, 1.807) is 0 Å². The van der Waals surface area contributed by atoms with E-state index in [9.17, 15) is 55.2 Å². The van der Waals surface area contributed by atoms with Crippen LogP contribution in [0.3, 0.4) is 0 Å². The Morgan fingerprint density at radius 2 is 1.14 bits per heavy atom. The number of aliphatic hydroxyl groups is 8. The van der Waals surface area contributed by atoms with Gasteiger partial charge in [0.05, 0.1) is 25.4 Å². The lowest BCUT2D eigenvalue weighted by Gasteiger charge is -2.46. The van der Waals surface area contributed by atoms with Gasteiger partial charge in [0.1, 0.15) is 61.5 Å². The lowest BCUT2D eigenvalue weighted by Crippen LogP contribution is -2.65. The van der Waals surface area contributed by atoms with Gasteiger partial charge in [0.15, 0.2) is 31.1 Å². The van der Waals surface area contributed by atoms with Crippen molar-refractivity contribution in [3.8, 4) is 0 Å². The smallest absolute Gasteiger partial charge is 0.332 e. The first-order valence-corrected chi connectivity index (χ1v) is 25.8. The average Bonchev–Trinajstić information content (AvgIpc) is 3.29. The molecule has 0 bridgehead atoms. The van der Waals surface area contributed by atoms with Gasteiger partial charge in [-0.15, -0.1) is 0 Å². The molecule has 0 aromatic carbocycles. The van der Waals surface area contributed by atoms with Gasteiger partial charge >= 0.3 is 17.9 Å². The molecule has 3 aliphatic heterocycles. The minimum atomic E-state index is -1.90. The molecule has 3 fully saturated rings. The molecule has 9 N–H and O–H groups in total. The number of aliphatic hydroxyl groups excluding tert-OH is 8. The van der Waals surface area contributed by atoms with Crippen LogP contribution in [0.25, 0.3) is 0 Å². The quantitative estimate of drug-likeness (QED) is 0.0325. The first-order valence-electron chi connectivity index (χ1n) is 25.8. The van der Waals surface area contributed by atoms with Gasteiger partial charge in [-0.1, -0.05) is 117 Å². The summed E-state index contributed by atoms with van der Waals surface area (Å²) in [6.45, 7) is 5.68. The maximum absolute atomic E-state index is 12.3. The number of hydrogen-bond donors (Lipinski definition) is 9. The molecule has 0 aliphatic carbocycles. The summed E-state index contributed by atoms with van der Waals surface area (Å²) >= 11 is 0. The Hall–Kier alpha value is -2.15. The number of carboxylic acids is 1. The predicted molar refractivity (Wildman–Crippen MR) is 247 cm³/mol. The second kappa shape index (κ2) is 33.6. The number of ether oxygens (including phenoxy) is 8. The van der Waals surface area contributed by atoms with Crippen molar-refractivity contribution < 1.29 is 98.2 Å². The largest absolute Gasteiger partial charge is 0.479 e. The van der Waals surface area contributed by atoms with E-state index in [1.807, 2.05) is 13.8 Å². The molecule has 0 spiro atoms. The van der Waals surface area contributed by atoms with Gasteiger partial charge in [-0.25, -0.2) is 4.79 Å². The van der Waals surface area contributed by atoms with Crippen LogP contribution in [0.2, 0.25) is 0 Å². The van der Waals surface area contributed by atoms with Crippen LogP contribution in [-0.4, -0.2) is 182 Å². The average molecular weight is 997 g/mol. The number of esters is 2. The SMILES string of the molecule is CCCCCC[C@H](CCC[C@H](O)CCCCCCCCCCCCCC(O)C(=O)O)OC1OC[C@H](O)[C@@H](O)[C@@H]1O[C@H]1OC[C@H](OC(C)=O)[C@@H](O)[C@@H]1O[C@H]1O[C@@H](COC(=O)CC(C)C)[C@H](O)[C@@H](O)[C@@H]1O. The zero-order chi connectivity index (χ0) is 50.9. The van der Waals surface area contributed by atoms with Crippen molar-refractivity contribution in [1.29, 1.82) is 0 Å². The van der Waals surface area contributed by atoms with Crippen molar-refractivity contribution in [2.24, 2.45) is 5.92 Å². The lowest BCUT2D eigenvalue weighted by atomic mass is 9.98. The third-order valence-electron chi connectivity index (χ3n) is 13.0. The summed E-state index contributed by atoms with van der Waals surface area (Å²) in [5, 5.41) is 95.0. The molecule has 16 atom stereocenters. The summed E-state index contributed by atoms with van der Waals surface area (Å²) in [7, 11) is 0. The Balaban J connectivity index is 1.59. The third-order valence-corrected chi connectivity index (χ3v) is 13.0. The molecule has 69 heavy (non-hydrogen) atoms. The summed E-state index contributed by atoms with van der Waals surface area (Å²) in [6.07, 6.45) is -3.86. The highest BCUT2D eigenvalue weighted by atomic mass is 16.8. The fourth-order valence-electron chi connectivity index (χ4n) is 8.83. The van der Waals surface area contributed by atoms with Gasteiger partial charge in [-0.05, 0) is 44.4 Å². The van der Waals surface area contributed by atoms with E-state index in [0.29, 0.717) is 38.5 Å². The summed E-state index contributed by atoms with van der Waals surface area (Å²) < 4.78 is 46.9. The number of carboxylic acid groups (broad SMARTS) is 1. The highest BCUT2D eigenvalue weighted by Gasteiger charge is 2.52. The second-order valence-corrected chi connectivity index (χ2v) is 19.6. The fourth-order valence-corrected chi connectivity index (χ4v) is 8.83. The van der Waals surface area contributed by atoms with E-state index >= 15 is 0 Å². The summed E-state index contributed by atoms with van der Waals surface area (Å²) in [4.78, 5) is 35.0. The number of carbonyl (C=O) groups excluding carboxylic acids is 2. The van der Waals surface area contributed by atoms with Gasteiger partial charge in [-0.3, -0.25) is 9.59 Å². The van der Waals surface area contributed by atoms with Gasteiger partial charge in [0.25, 0.3) is 0 Å². The maximum Gasteiger partial charge on any atom is 0.332 e. The monoisotopic (exact) mass is 997 g/mol. The number of rotatable bonds is 35. The minimum absolute atomic E-state index is 0.0192. The molecular weight excluding hydrogens is 909 g/mol. The Kier molecular flexibility index (Phi) is 29.7. The fraction of sp³-hybridized carbons (Fsp3) is 0.939. The third kappa shape index (κ3) is 22.7. The van der Waals surface area contributed by atoms with E-state index < -0.39 is 123 Å². The molecule has 20 heteroatoms. The van der Waals surface area contributed by atoms with Crippen LogP contribution in [0.15, 0.2) is 0 Å². The molecule has 3 saturated heterocycles. The van der Waals surface area contributed by atoms with E-state index in [4.69, 9.17) is 43.0 Å². The van der Waals surface area contributed by atoms with Crippen LogP contribution < -0.4 is 0 Å². The van der Waals surface area contributed by atoms with E-state index in [0.717, 1.165) is 103 Å². The second-order valence-electron chi connectivity index (χ2n) is 19.6. The molecule has 404 valence electrons. The molecule has 3 heterocycles. The van der Waals surface area contributed by atoms with Crippen molar-refractivity contribution in [3.63, 3.8) is 0 Å². The molecular formula is C49H88O20. The maximum atomic E-state index is 12.3. The molecule has 0 radical (unpaired) electrons. The Morgan fingerprint density at radius 1 is 0.609 bits per heavy atom. The van der Waals surface area contributed by atoms with E-state index in [2.05, 4.69) is 6.92 Å². The van der Waals surface area contributed by atoms with Crippen molar-refractivity contribution in [2.75, 3.05) is 19.8 Å². The highest BCUT2D eigenvalue weighted by Crippen LogP contribution is 2.33. The Morgan fingerprint density at radius 3 is 1.75 bits per heavy atom. The Labute approximate surface area is 408 Å². The summed E-state index contributed by atoms with van der Waals surface area (Å²) in [5.74, 6) is -2.51. The number of hydrogen-bond acceptors (Lipinski definition) is 19. The first-order chi connectivity index (χ1) is 32.9. The molecule has 3 rings (SSSR count). The summed E-state index contributed by atoms with van der Waals surface area (Å²) in [5.41, 5.74) is 0. The molecule has 0 aromatic heterocycles. The zero-order valence-corrected chi connectivity index (χ0v) is 41.5. The molecule has 0 amide bonds. The molecule has 0 saturated carbocycles. The van der Waals surface area contributed by atoms with Crippen molar-refractivity contribution >= 4 is 17.9 Å². The summed E-state index contributed by atoms with van der Waals surface area (Å²) in [6, 6.07) is 0. The van der Waals surface area contributed by atoms with E-state index in [-0.39, 0.29) is 25.0 Å². The number of unbranched alkanes of at least 4 members (excludes halogenated alkanes) is 13. The molecule has 20 nitrogen and oxygen atoms in total. The van der Waals surface area contributed by atoms with Crippen LogP contribution in [0.5, 0.6) is 0 Å². The van der Waals surface area contributed by atoms with Crippen LogP contribution in [0.1, 0.15) is 169 Å². The Bertz CT molecular complexity index is 1410. The van der Waals surface area contributed by atoms with E-state index in [1.165, 1.54) is 0 Å². The topological polar surface area (TPSA) is 307 Å². The number of aliphatic carboxylic acids is 1.